The number of aliphatic hydroxyl groups is 2. The Bertz CT molecular complexity index is 1280. The van der Waals surface area contributed by atoms with E-state index < -0.39 is 12.1 Å². The highest BCUT2D eigenvalue weighted by Gasteiger charge is 2.20. The fraction of sp³-hybridized carbons (Fsp3) is 0.921. The van der Waals surface area contributed by atoms with Crippen LogP contribution >= 0.6 is 0 Å². The molecule has 0 saturated heterocycles. The molecule has 0 saturated carbocycles. The first-order chi connectivity index (χ1) is 40.5. The zero-order valence-corrected chi connectivity index (χ0v) is 55.8. The number of rotatable bonds is 71. The van der Waals surface area contributed by atoms with Crippen molar-refractivity contribution in [2.75, 3.05) is 13.2 Å². The van der Waals surface area contributed by atoms with Gasteiger partial charge in [-0.05, 0) is 57.8 Å². The highest BCUT2D eigenvalue weighted by molar-refractivity contribution is 5.76. The fourth-order valence-corrected chi connectivity index (χ4v) is 12.0. The monoisotopic (exact) mass is 1150 g/mol. The first kappa shape index (κ1) is 80.3. The summed E-state index contributed by atoms with van der Waals surface area (Å²) >= 11 is 0. The molecule has 0 aliphatic carbocycles. The van der Waals surface area contributed by atoms with Crippen LogP contribution in [0.5, 0.6) is 0 Å². The molecule has 0 spiro atoms. The van der Waals surface area contributed by atoms with Crippen molar-refractivity contribution in [1.29, 1.82) is 0 Å². The average Bonchev–Trinajstić information content (AvgIpc) is 3.48. The molecule has 2 unspecified atom stereocenters. The van der Waals surface area contributed by atoms with Gasteiger partial charge in [0.25, 0.3) is 0 Å². The first-order valence-electron chi connectivity index (χ1n) is 37.6. The highest BCUT2D eigenvalue weighted by Crippen LogP contribution is 2.20. The number of ether oxygens (including phenoxy) is 1. The Morgan fingerprint density at radius 1 is 0.341 bits per heavy atom. The lowest BCUT2D eigenvalue weighted by Gasteiger charge is -2.22. The topological polar surface area (TPSA) is 95.9 Å². The summed E-state index contributed by atoms with van der Waals surface area (Å²) in [4.78, 5) is 24.6. The van der Waals surface area contributed by atoms with E-state index in [1.54, 1.807) is 0 Å². The van der Waals surface area contributed by atoms with E-state index in [2.05, 4.69) is 43.5 Å². The summed E-state index contributed by atoms with van der Waals surface area (Å²) in [5.41, 5.74) is 0. The quantitative estimate of drug-likeness (QED) is 0.0320. The smallest absolute Gasteiger partial charge is 0.305 e. The minimum atomic E-state index is -0.660. The average molecular weight is 1160 g/mol. The van der Waals surface area contributed by atoms with Crippen LogP contribution in [0.25, 0.3) is 0 Å². The van der Waals surface area contributed by atoms with Gasteiger partial charge < -0.3 is 20.3 Å². The van der Waals surface area contributed by atoms with E-state index >= 15 is 0 Å². The Labute approximate surface area is 513 Å². The summed E-state index contributed by atoms with van der Waals surface area (Å²) in [5.74, 6) is -0.0122. The lowest BCUT2D eigenvalue weighted by molar-refractivity contribution is -0.143. The second-order valence-corrected chi connectivity index (χ2v) is 26.0. The number of carbonyl (C=O) groups excluding carboxylic acids is 2. The van der Waals surface area contributed by atoms with Gasteiger partial charge >= 0.3 is 5.97 Å². The maximum absolute atomic E-state index is 12.5. The Balaban J connectivity index is 3.30. The lowest BCUT2D eigenvalue weighted by atomic mass is 10.0. The standard InChI is InChI=1S/C76H147NO5/c1-3-5-7-9-11-13-15-17-19-37-42-46-50-54-58-62-66-70-76(81)82-71-67-63-59-55-51-47-43-39-36-34-32-30-28-26-24-22-20-21-23-25-27-29-31-33-35-38-41-45-49-53-57-61-65-69-75(80)77-73(72-78)74(79)68-64-60-56-52-48-44-40-18-16-14-12-10-8-6-4-2/h11,13,17,19,73-74,78-79H,3-10,12,14-16,18,20-72H2,1-2H3,(H,77,80)/b13-11-,19-17-. The molecule has 6 nitrogen and oxygen atoms in total. The lowest BCUT2D eigenvalue weighted by Crippen LogP contribution is -2.45. The third-order valence-corrected chi connectivity index (χ3v) is 17.8. The van der Waals surface area contributed by atoms with Crippen molar-refractivity contribution in [2.45, 2.75) is 437 Å². The summed E-state index contributed by atoms with van der Waals surface area (Å²) in [6, 6.07) is -0.537. The van der Waals surface area contributed by atoms with Crippen molar-refractivity contribution >= 4 is 11.9 Å². The van der Waals surface area contributed by atoms with E-state index in [1.807, 2.05) is 0 Å². The number of amides is 1. The second kappa shape index (κ2) is 71.8. The van der Waals surface area contributed by atoms with Gasteiger partial charge in [0, 0.05) is 12.8 Å². The number of unbranched alkanes of at least 4 members (excludes halogenated alkanes) is 56. The SMILES string of the molecule is CCCCC/C=C\C/C=C\CCCCCCCCCC(=O)OCCCCCCCCCCCCCCCCCCCCCCCCCCCCCCCCCCCC(=O)NC(CO)C(O)CCCCCCCCCCCCCCCCC. The molecule has 0 rings (SSSR count). The van der Waals surface area contributed by atoms with E-state index in [9.17, 15) is 19.8 Å². The molecule has 1 amide bonds. The molecule has 0 fully saturated rings. The predicted molar refractivity (Wildman–Crippen MR) is 361 cm³/mol. The molecule has 0 aliphatic rings. The van der Waals surface area contributed by atoms with Crippen LogP contribution < -0.4 is 5.32 Å². The van der Waals surface area contributed by atoms with Crippen molar-refractivity contribution in [3.63, 3.8) is 0 Å². The molecule has 0 aliphatic heterocycles. The van der Waals surface area contributed by atoms with Crippen LogP contribution in [0.1, 0.15) is 425 Å². The first-order valence-corrected chi connectivity index (χ1v) is 37.6. The van der Waals surface area contributed by atoms with Gasteiger partial charge in [0.2, 0.25) is 5.91 Å². The molecular weight excluding hydrogens is 1010 g/mol. The molecular formula is C76H147NO5. The van der Waals surface area contributed by atoms with Gasteiger partial charge in [0.15, 0.2) is 0 Å². The molecule has 486 valence electrons. The second-order valence-electron chi connectivity index (χ2n) is 26.0. The molecule has 0 aromatic heterocycles. The number of nitrogens with one attached hydrogen (secondary N) is 1. The van der Waals surface area contributed by atoms with Crippen molar-refractivity contribution < 1.29 is 24.5 Å². The summed E-state index contributed by atoms with van der Waals surface area (Å²) in [7, 11) is 0. The summed E-state index contributed by atoms with van der Waals surface area (Å²) < 4.78 is 5.50. The Kier molecular flexibility index (Phi) is 70.4. The predicted octanol–water partition coefficient (Wildman–Crippen LogP) is 24.5. The number of allylic oxidation sites excluding steroid dienone is 4. The van der Waals surface area contributed by atoms with Crippen LogP contribution in [0.2, 0.25) is 0 Å². The van der Waals surface area contributed by atoms with Crippen molar-refractivity contribution in [3.05, 3.63) is 24.3 Å². The Hall–Kier alpha value is -1.66. The van der Waals surface area contributed by atoms with Crippen molar-refractivity contribution in [2.24, 2.45) is 0 Å². The van der Waals surface area contributed by atoms with Crippen molar-refractivity contribution in [3.8, 4) is 0 Å². The molecule has 0 aromatic carbocycles. The summed E-state index contributed by atoms with van der Waals surface area (Å²) in [6.45, 7) is 4.97. The van der Waals surface area contributed by atoms with E-state index in [0.29, 0.717) is 25.9 Å². The molecule has 2 atom stereocenters. The van der Waals surface area contributed by atoms with Gasteiger partial charge in [-0.3, -0.25) is 9.59 Å². The number of hydrogen-bond donors (Lipinski definition) is 3. The Morgan fingerprint density at radius 3 is 0.951 bits per heavy atom. The van der Waals surface area contributed by atoms with Crippen LogP contribution in [0.15, 0.2) is 24.3 Å². The zero-order valence-electron chi connectivity index (χ0n) is 55.8. The third-order valence-electron chi connectivity index (χ3n) is 17.8. The number of carbonyl (C=O) groups is 2. The maximum Gasteiger partial charge on any atom is 0.305 e. The van der Waals surface area contributed by atoms with Crippen LogP contribution in [0.4, 0.5) is 0 Å². The summed E-state index contributed by atoms with van der Waals surface area (Å²) in [6.07, 6.45) is 91.1. The molecule has 82 heavy (non-hydrogen) atoms. The van der Waals surface area contributed by atoms with Gasteiger partial charge in [-0.15, -0.1) is 0 Å². The third kappa shape index (κ3) is 67.5. The zero-order chi connectivity index (χ0) is 59.2. The van der Waals surface area contributed by atoms with Gasteiger partial charge in [-0.2, -0.15) is 0 Å². The van der Waals surface area contributed by atoms with Gasteiger partial charge in [-0.1, -0.05) is 378 Å². The maximum atomic E-state index is 12.5. The van der Waals surface area contributed by atoms with Gasteiger partial charge in [-0.25, -0.2) is 0 Å². The molecule has 0 radical (unpaired) electrons. The number of esters is 1. The Morgan fingerprint density at radius 2 is 0.610 bits per heavy atom. The normalized spacial score (nSPS) is 12.6. The number of hydrogen-bond acceptors (Lipinski definition) is 5. The minimum Gasteiger partial charge on any atom is -0.466 e. The minimum absolute atomic E-state index is 0.0147. The van der Waals surface area contributed by atoms with Crippen molar-refractivity contribution in [1.82, 2.24) is 5.32 Å². The number of aliphatic hydroxyl groups excluding tert-OH is 2. The van der Waals surface area contributed by atoms with Crippen LogP contribution in [0, 0.1) is 0 Å². The van der Waals surface area contributed by atoms with Gasteiger partial charge in [0.05, 0.1) is 25.4 Å². The van der Waals surface area contributed by atoms with E-state index in [0.717, 1.165) is 51.4 Å². The van der Waals surface area contributed by atoms with Crippen LogP contribution in [-0.4, -0.2) is 47.4 Å². The molecule has 0 bridgehead atoms. The van der Waals surface area contributed by atoms with E-state index in [1.165, 1.54) is 340 Å². The molecule has 0 aromatic rings. The molecule has 0 heterocycles. The largest absolute Gasteiger partial charge is 0.466 e. The fourth-order valence-electron chi connectivity index (χ4n) is 12.0. The van der Waals surface area contributed by atoms with Crippen LogP contribution in [0.3, 0.4) is 0 Å². The highest BCUT2D eigenvalue weighted by atomic mass is 16.5. The molecule has 6 heteroatoms. The van der Waals surface area contributed by atoms with Crippen LogP contribution in [-0.2, 0) is 14.3 Å². The van der Waals surface area contributed by atoms with E-state index in [-0.39, 0.29) is 18.5 Å². The van der Waals surface area contributed by atoms with Gasteiger partial charge in [0.1, 0.15) is 0 Å². The summed E-state index contributed by atoms with van der Waals surface area (Å²) in [5, 5.41) is 23.4. The molecule has 3 N–H and O–H groups in total. The van der Waals surface area contributed by atoms with E-state index in [4.69, 9.17) is 4.74 Å².